The van der Waals surface area contributed by atoms with Gasteiger partial charge in [0.2, 0.25) is 0 Å². The van der Waals surface area contributed by atoms with Crippen molar-refractivity contribution in [1.29, 1.82) is 5.26 Å². The second kappa shape index (κ2) is 4.53. The van der Waals surface area contributed by atoms with Crippen LogP contribution < -0.4 is 0 Å². The summed E-state index contributed by atoms with van der Waals surface area (Å²) in [6.45, 7) is 0. The molecule has 0 fully saturated rings. The van der Waals surface area contributed by atoms with Crippen molar-refractivity contribution in [1.82, 2.24) is 0 Å². The molecule has 0 amide bonds. The monoisotopic (exact) mass is 249 g/mol. The number of fused-ring (bicyclic) bond motifs is 1. The Kier molecular flexibility index (Phi) is 2.85. The lowest BCUT2D eigenvalue weighted by molar-refractivity contribution is 0.0616. The molecule has 0 radical (unpaired) electrons. The Hall–Kier alpha value is -2.11. The molecule has 0 saturated carbocycles. The summed E-state index contributed by atoms with van der Waals surface area (Å²) >= 11 is 0. The van der Waals surface area contributed by atoms with E-state index >= 15 is 0 Å². The molecule has 2 heteroatoms. The zero-order valence-corrected chi connectivity index (χ0v) is 10.6. The van der Waals surface area contributed by atoms with Crippen molar-refractivity contribution in [2.75, 3.05) is 0 Å². The molecule has 0 saturated heterocycles. The minimum Gasteiger partial charge on any atom is -0.380 e. The van der Waals surface area contributed by atoms with Crippen LogP contribution in [0.2, 0.25) is 0 Å². The molecule has 0 bridgehead atoms. The highest BCUT2D eigenvalue weighted by Crippen LogP contribution is 2.40. The Morgan fingerprint density at radius 3 is 2.53 bits per heavy atom. The van der Waals surface area contributed by atoms with E-state index in [2.05, 4.69) is 12.1 Å². The van der Waals surface area contributed by atoms with Gasteiger partial charge in [0.05, 0.1) is 11.6 Å². The van der Waals surface area contributed by atoms with Gasteiger partial charge in [-0.1, -0.05) is 36.4 Å². The van der Waals surface area contributed by atoms with Gasteiger partial charge in [-0.3, -0.25) is 0 Å². The van der Waals surface area contributed by atoms with Crippen molar-refractivity contribution >= 4 is 0 Å². The topological polar surface area (TPSA) is 44.0 Å². The van der Waals surface area contributed by atoms with Crippen molar-refractivity contribution in [3.05, 3.63) is 70.8 Å². The Balaban J connectivity index is 2.11. The van der Waals surface area contributed by atoms with E-state index < -0.39 is 5.60 Å². The Bertz CT molecular complexity index is 639. The summed E-state index contributed by atoms with van der Waals surface area (Å²) in [7, 11) is 0. The Morgan fingerprint density at radius 2 is 1.79 bits per heavy atom. The fourth-order valence-corrected chi connectivity index (χ4v) is 2.93. The minimum atomic E-state index is -0.914. The number of rotatable bonds is 1. The Labute approximate surface area is 112 Å². The maximum Gasteiger partial charge on any atom is 0.115 e. The van der Waals surface area contributed by atoms with Gasteiger partial charge in [-0.25, -0.2) is 0 Å². The van der Waals surface area contributed by atoms with E-state index in [1.54, 1.807) is 12.1 Å². The quantitative estimate of drug-likeness (QED) is 0.843. The van der Waals surface area contributed by atoms with E-state index in [9.17, 15) is 5.11 Å². The molecule has 1 aliphatic carbocycles. The van der Waals surface area contributed by atoms with Gasteiger partial charge in [-0.2, -0.15) is 5.26 Å². The van der Waals surface area contributed by atoms with Crippen LogP contribution in [0.3, 0.4) is 0 Å². The van der Waals surface area contributed by atoms with Gasteiger partial charge in [-0.15, -0.1) is 0 Å². The fraction of sp³-hybridized carbons (Fsp3) is 0.235. The largest absolute Gasteiger partial charge is 0.380 e. The molecule has 19 heavy (non-hydrogen) atoms. The Morgan fingerprint density at radius 1 is 1.05 bits per heavy atom. The average molecular weight is 249 g/mol. The number of nitrogens with zero attached hydrogens (tertiary/aromatic N) is 1. The van der Waals surface area contributed by atoms with E-state index in [-0.39, 0.29) is 0 Å². The molecule has 2 nitrogen and oxygen atoms in total. The van der Waals surface area contributed by atoms with Gasteiger partial charge in [0, 0.05) is 0 Å². The average Bonchev–Trinajstić information content (AvgIpc) is 2.48. The fourth-order valence-electron chi connectivity index (χ4n) is 2.93. The molecule has 1 atom stereocenters. The molecule has 1 N–H and O–H groups in total. The van der Waals surface area contributed by atoms with Gasteiger partial charge in [0.15, 0.2) is 0 Å². The van der Waals surface area contributed by atoms with E-state index in [0.29, 0.717) is 5.56 Å². The van der Waals surface area contributed by atoms with E-state index in [0.717, 1.165) is 30.4 Å². The van der Waals surface area contributed by atoms with Gasteiger partial charge < -0.3 is 5.11 Å². The number of aryl methyl sites for hydroxylation is 1. The van der Waals surface area contributed by atoms with Crippen molar-refractivity contribution in [2.24, 2.45) is 0 Å². The molecular formula is C17H15NO. The molecule has 3 rings (SSSR count). The van der Waals surface area contributed by atoms with Gasteiger partial charge in [0.25, 0.3) is 0 Å². The molecule has 2 aromatic rings. The molecule has 1 unspecified atom stereocenters. The van der Waals surface area contributed by atoms with Crippen LogP contribution >= 0.6 is 0 Å². The summed E-state index contributed by atoms with van der Waals surface area (Å²) in [6.07, 6.45) is 2.73. The summed E-state index contributed by atoms with van der Waals surface area (Å²) in [4.78, 5) is 0. The zero-order valence-electron chi connectivity index (χ0n) is 10.6. The first-order valence-corrected chi connectivity index (χ1v) is 6.55. The lowest BCUT2D eigenvalue weighted by Crippen LogP contribution is -2.31. The molecule has 1 aliphatic rings. The second-order valence-corrected chi connectivity index (χ2v) is 5.06. The second-order valence-electron chi connectivity index (χ2n) is 5.06. The van der Waals surface area contributed by atoms with Crippen LogP contribution in [-0.2, 0) is 12.0 Å². The smallest absolute Gasteiger partial charge is 0.115 e. The lowest BCUT2D eigenvalue weighted by atomic mass is 9.75. The SMILES string of the molecule is N#Cc1ccc(C2(O)CCCc3ccccc32)cc1. The highest BCUT2D eigenvalue weighted by Gasteiger charge is 2.35. The molecule has 0 spiro atoms. The van der Waals surface area contributed by atoms with Crippen LogP contribution in [0.4, 0.5) is 0 Å². The van der Waals surface area contributed by atoms with E-state index in [4.69, 9.17) is 5.26 Å². The van der Waals surface area contributed by atoms with Crippen molar-refractivity contribution in [3.8, 4) is 6.07 Å². The van der Waals surface area contributed by atoms with Crippen LogP contribution in [-0.4, -0.2) is 5.11 Å². The van der Waals surface area contributed by atoms with E-state index in [1.165, 1.54) is 5.56 Å². The molecular weight excluding hydrogens is 234 g/mol. The summed E-state index contributed by atoms with van der Waals surface area (Å²) in [5.41, 5.74) is 2.81. The van der Waals surface area contributed by atoms with Crippen LogP contribution in [0.25, 0.3) is 0 Å². The van der Waals surface area contributed by atoms with Gasteiger partial charge in [-0.05, 0) is 48.1 Å². The molecule has 2 aromatic carbocycles. The number of hydrogen-bond acceptors (Lipinski definition) is 2. The van der Waals surface area contributed by atoms with Crippen LogP contribution in [0.1, 0.15) is 35.1 Å². The number of aliphatic hydroxyl groups is 1. The van der Waals surface area contributed by atoms with Gasteiger partial charge >= 0.3 is 0 Å². The van der Waals surface area contributed by atoms with E-state index in [1.807, 2.05) is 30.3 Å². The third-order valence-electron chi connectivity index (χ3n) is 3.94. The first kappa shape index (κ1) is 12.0. The van der Waals surface area contributed by atoms with Gasteiger partial charge in [0.1, 0.15) is 5.60 Å². The highest BCUT2D eigenvalue weighted by atomic mass is 16.3. The molecule has 0 heterocycles. The maximum absolute atomic E-state index is 11.1. The minimum absolute atomic E-state index is 0.622. The van der Waals surface area contributed by atoms with Crippen LogP contribution in [0.15, 0.2) is 48.5 Å². The third-order valence-corrected chi connectivity index (χ3v) is 3.94. The summed E-state index contributed by atoms with van der Waals surface area (Å²) in [5.74, 6) is 0. The number of nitriles is 1. The predicted molar refractivity (Wildman–Crippen MR) is 73.5 cm³/mol. The normalized spacial score (nSPS) is 21.5. The number of benzene rings is 2. The first-order valence-electron chi connectivity index (χ1n) is 6.55. The standard InChI is InChI=1S/C17H15NO/c18-12-13-7-9-15(10-8-13)17(19)11-3-5-14-4-1-2-6-16(14)17/h1-2,4,6-10,19H,3,5,11H2. The summed E-state index contributed by atoms with van der Waals surface area (Å²) in [5, 5.41) is 19.9. The number of hydrogen-bond donors (Lipinski definition) is 1. The lowest BCUT2D eigenvalue weighted by Gasteiger charge is -2.35. The van der Waals surface area contributed by atoms with Crippen molar-refractivity contribution < 1.29 is 5.11 Å². The molecule has 94 valence electrons. The van der Waals surface area contributed by atoms with Crippen LogP contribution in [0, 0.1) is 11.3 Å². The highest BCUT2D eigenvalue weighted by molar-refractivity contribution is 5.44. The summed E-state index contributed by atoms with van der Waals surface area (Å²) < 4.78 is 0. The molecule has 0 aliphatic heterocycles. The van der Waals surface area contributed by atoms with Crippen LogP contribution in [0.5, 0.6) is 0 Å². The molecule has 0 aromatic heterocycles. The predicted octanol–water partition coefficient (Wildman–Crippen LogP) is 3.13. The zero-order chi connectivity index (χ0) is 13.3. The van der Waals surface area contributed by atoms with Crippen molar-refractivity contribution in [3.63, 3.8) is 0 Å². The third kappa shape index (κ3) is 1.93. The van der Waals surface area contributed by atoms with Crippen molar-refractivity contribution in [2.45, 2.75) is 24.9 Å². The maximum atomic E-state index is 11.1. The summed E-state index contributed by atoms with van der Waals surface area (Å²) in [6, 6.07) is 17.4. The first-order chi connectivity index (χ1) is 9.24.